The van der Waals surface area contributed by atoms with Crippen LogP contribution in [-0.4, -0.2) is 52.0 Å². The number of amides is 1. The van der Waals surface area contributed by atoms with Crippen molar-refractivity contribution in [3.63, 3.8) is 0 Å². The molecule has 0 radical (unpaired) electrons. The van der Waals surface area contributed by atoms with Gasteiger partial charge in [-0.15, -0.1) is 0 Å². The first-order valence-electron chi connectivity index (χ1n) is 13.8. The lowest BCUT2D eigenvalue weighted by atomic mass is 9.96. The first-order chi connectivity index (χ1) is 18.1. The maximum atomic E-state index is 12.8. The van der Waals surface area contributed by atoms with Crippen LogP contribution < -0.4 is 5.32 Å². The summed E-state index contributed by atoms with van der Waals surface area (Å²) in [6, 6.07) is 16.8. The second-order valence-electron chi connectivity index (χ2n) is 10.6. The van der Waals surface area contributed by atoms with Gasteiger partial charge < -0.3 is 9.84 Å². The van der Waals surface area contributed by atoms with Crippen molar-refractivity contribution in [2.75, 3.05) is 26.2 Å². The number of piperidine rings is 1. The molecular formula is C30H39N5O2. The molecule has 0 unspecified atom stereocenters. The monoisotopic (exact) mass is 501 g/mol. The van der Waals surface area contributed by atoms with Crippen molar-refractivity contribution in [3.05, 3.63) is 71.1 Å². The van der Waals surface area contributed by atoms with Crippen LogP contribution in [0.25, 0.3) is 11.4 Å². The average Bonchev–Trinajstić information content (AvgIpc) is 3.23. The van der Waals surface area contributed by atoms with Crippen LogP contribution in [0.15, 0.2) is 53.1 Å². The Labute approximate surface area is 220 Å². The fraction of sp³-hybridized carbons (Fsp3) is 0.500. The molecule has 1 aromatic heterocycles. The number of nitrogens with one attached hydrogen (secondary N) is 1. The van der Waals surface area contributed by atoms with Gasteiger partial charge in [-0.05, 0) is 75.5 Å². The highest BCUT2D eigenvalue weighted by Crippen LogP contribution is 2.22. The van der Waals surface area contributed by atoms with Gasteiger partial charge in [0.25, 0.3) is 0 Å². The zero-order valence-corrected chi connectivity index (χ0v) is 22.0. The Hall–Kier alpha value is -3.03. The van der Waals surface area contributed by atoms with Crippen LogP contribution in [-0.2, 0) is 24.4 Å². The molecule has 7 heteroatoms. The predicted molar refractivity (Wildman–Crippen MR) is 145 cm³/mol. The molecule has 3 heterocycles. The van der Waals surface area contributed by atoms with Gasteiger partial charge in [0, 0.05) is 24.6 Å². The summed E-state index contributed by atoms with van der Waals surface area (Å²) in [6.45, 7) is 8.41. The molecule has 0 spiro atoms. The molecule has 1 amide bonds. The van der Waals surface area contributed by atoms with E-state index in [0.717, 1.165) is 49.2 Å². The highest BCUT2D eigenvalue weighted by atomic mass is 16.5. The van der Waals surface area contributed by atoms with E-state index < -0.39 is 0 Å². The minimum atomic E-state index is 0.0591. The lowest BCUT2D eigenvalue weighted by Crippen LogP contribution is -2.40. The van der Waals surface area contributed by atoms with Gasteiger partial charge in [-0.2, -0.15) is 4.98 Å². The largest absolute Gasteiger partial charge is 0.352 e. The first kappa shape index (κ1) is 25.6. The third-order valence-electron chi connectivity index (χ3n) is 7.77. The number of hydrogen-bond donors (Lipinski definition) is 1. The normalized spacial score (nSPS) is 18.0. The Balaban J connectivity index is 1.04. The second-order valence-corrected chi connectivity index (χ2v) is 10.6. The van der Waals surface area contributed by atoms with Gasteiger partial charge in [0.1, 0.15) is 0 Å². The summed E-state index contributed by atoms with van der Waals surface area (Å²) >= 11 is 0. The summed E-state index contributed by atoms with van der Waals surface area (Å²) in [7, 11) is 0. The molecule has 1 N–H and O–H groups in total. The first-order valence-corrected chi connectivity index (χ1v) is 13.8. The standard InChI is InChI=1S/C30H39N5O2/c1-23-8-4-5-9-27(23)29-32-28(37-33-29)22-35-18-14-26(15-19-35)30(36)31-20-24-10-12-25(13-11-24)21-34-16-6-2-3-7-17-34/h4-5,8-13,26H,2-3,6-7,14-22H2,1H3,(H,31,36). The van der Waals surface area contributed by atoms with Crippen molar-refractivity contribution < 1.29 is 9.32 Å². The van der Waals surface area contributed by atoms with Crippen LogP contribution >= 0.6 is 0 Å². The number of carbonyl (C=O) groups excluding carboxylic acids is 1. The molecule has 2 saturated heterocycles. The molecule has 7 nitrogen and oxygen atoms in total. The lowest BCUT2D eigenvalue weighted by molar-refractivity contribution is -0.126. The Morgan fingerprint density at radius 2 is 1.57 bits per heavy atom. The maximum absolute atomic E-state index is 12.8. The number of carbonyl (C=O) groups is 1. The van der Waals surface area contributed by atoms with Crippen molar-refractivity contribution in [1.82, 2.24) is 25.3 Å². The predicted octanol–water partition coefficient (Wildman–Crippen LogP) is 4.95. The highest BCUT2D eigenvalue weighted by Gasteiger charge is 2.26. The molecule has 196 valence electrons. The highest BCUT2D eigenvalue weighted by molar-refractivity contribution is 5.78. The van der Waals surface area contributed by atoms with Gasteiger partial charge in [-0.1, -0.05) is 66.5 Å². The number of likely N-dealkylation sites (tertiary alicyclic amines) is 2. The molecule has 37 heavy (non-hydrogen) atoms. The van der Waals surface area contributed by atoms with Crippen molar-refractivity contribution >= 4 is 5.91 Å². The quantitative estimate of drug-likeness (QED) is 0.471. The smallest absolute Gasteiger partial charge is 0.241 e. The molecule has 2 aromatic carbocycles. The third kappa shape index (κ3) is 7.05. The van der Waals surface area contributed by atoms with Gasteiger partial charge in [0.05, 0.1) is 6.54 Å². The molecule has 3 aromatic rings. The summed E-state index contributed by atoms with van der Waals surface area (Å²) < 4.78 is 5.51. The van der Waals surface area contributed by atoms with E-state index in [-0.39, 0.29) is 11.8 Å². The summed E-state index contributed by atoms with van der Waals surface area (Å²) in [5, 5.41) is 7.33. The lowest BCUT2D eigenvalue weighted by Gasteiger charge is -2.30. The van der Waals surface area contributed by atoms with Gasteiger partial charge >= 0.3 is 0 Å². The van der Waals surface area contributed by atoms with Gasteiger partial charge in [-0.3, -0.25) is 14.6 Å². The van der Waals surface area contributed by atoms with E-state index in [4.69, 9.17) is 4.52 Å². The Kier molecular flexibility index (Phi) is 8.64. The maximum Gasteiger partial charge on any atom is 0.241 e. The van der Waals surface area contributed by atoms with E-state index in [1.807, 2.05) is 31.2 Å². The molecular weight excluding hydrogens is 462 g/mol. The summed E-state index contributed by atoms with van der Waals surface area (Å²) in [5.74, 6) is 1.48. The van der Waals surface area contributed by atoms with Crippen LogP contribution in [0.2, 0.25) is 0 Å². The van der Waals surface area contributed by atoms with Crippen molar-refractivity contribution in [2.24, 2.45) is 5.92 Å². The minimum Gasteiger partial charge on any atom is -0.352 e. The van der Waals surface area contributed by atoms with Gasteiger partial charge in [-0.25, -0.2) is 0 Å². The topological polar surface area (TPSA) is 74.5 Å². The fourth-order valence-corrected chi connectivity index (χ4v) is 5.45. The molecule has 0 bridgehead atoms. The number of rotatable bonds is 8. The average molecular weight is 502 g/mol. The summed E-state index contributed by atoms with van der Waals surface area (Å²) in [4.78, 5) is 22.3. The van der Waals surface area contributed by atoms with Crippen molar-refractivity contribution in [1.29, 1.82) is 0 Å². The Morgan fingerprint density at radius 3 is 2.30 bits per heavy atom. The Bertz CT molecular complexity index is 1140. The summed E-state index contributed by atoms with van der Waals surface area (Å²) in [5.41, 5.74) is 4.65. The molecule has 0 atom stereocenters. The van der Waals surface area contributed by atoms with E-state index in [2.05, 4.69) is 49.5 Å². The number of benzene rings is 2. The van der Waals surface area contributed by atoms with Gasteiger partial charge in [0.2, 0.25) is 17.6 Å². The number of aromatic nitrogens is 2. The molecule has 2 fully saturated rings. The zero-order valence-electron chi connectivity index (χ0n) is 22.0. The van der Waals surface area contributed by atoms with Gasteiger partial charge in [0.15, 0.2) is 0 Å². The van der Waals surface area contributed by atoms with E-state index in [1.165, 1.54) is 44.3 Å². The molecule has 0 saturated carbocycles. The van der Waals surface area contributed by atoms with Crippen LogP contribution in [0.5, 0.6) is 0 Å². The van der Waals surface area contributed by atoms with Crippen LogP contribution in [0, 0.1) is 12.8 Å². The molecule has 2 aliphatic rings. The summed E-state index contributed by atoms with van der Waals surface area (Å²) in [6.07, 6.45) is 7.05. The van der Waals surface area contributed by atoms with Crippen molar-refractivity contribution in [2.45, 2.75) is 65.1 Å². The van der Waals surface area contributed by atoms with E-state index in [0.29, 0.717) is 24.8 Å². The minimum absolute atomic E-state index is 0.0591. The fourth-order valence-electron chi connectivity index (χ4n) is 5.45. The Morgan fingerprint density at radius 1 is 0.892 bits per heavy atom. The SMILES string of the molecule is Cc1ccccc1-c1noc(CN2CCC(C(=O)NCc3ccc(CN4CCCCCC4)cc3)CC2)n1. The van der Waals surface area contributed by atoms with Crippen molar-refractivity contribution in [3.8, 4) is 11.4 Å². The third-order valence-corrected chi connectivity index (χ3v) is 7.77. The molecule has 0 aliphatic carbocycles. The number of hydrogen-bond acceptors (Lipinski definition) is 6. The number of aryl methyl sites for hydroxylation is 1. The second kappa shape index (κ2) is 12.5. The van der Waals surface area contributed by atoms with Crippen LogP contribution in [0.1, 0.15) is 61.1 Å². The van der Waals surface area contributed by atoms with Crippen LogP contribution in [0.3, 0.4) is 0 Å². The number of nitrogens with zero attached hydrogens (tertiary/aromatic N) is 4. The van der Waals surface area contributed by atoms with E-state index in [1.54, 1.807) is 0 Å². The van der Waals surface area contributed by atoms with E-state index >= 15 is 0 Å². The van der Waals surface area contributed by atoms with E-state index in [9.17, 15) is 4.79 Å². The molecule has 5 rings (SSSR count). The molecule has 2 aliphatic heterocycles. The van der Waals surface area contributed by atoms with Crippen LogP contribution in [0.4, 0.5) is 0 Å². The zero-order chi connectivity index (χ0) is 25.5.